The number of nitrogen functional groups attached to an aromatic ring is 1. The average Bonchev–Trinajstić information content (AvgIpc) is 2.53. The molecule has 21 heavy (non-hydrogen) atoms. The molecule has 1 fully saturated rings. The SMILES string of the molecule is CN(C)c1nc(NN)nc(NCC(=O)N2CCCCC2)n1. The molecule has 1 aromatic rings. The van der Waals surface area contributed by atoms with Gasteiger partial charge < -0.3 is 15.1 Å². The van der Waals surface area contributed by atoms with Crippen molar-refractivity contribution in [1.29, 1.82) is 0 Å². The van der Waals surface area contributed by atoms with Gasteiger partial charge in [-0.15, -0.1) is 0 Å². The molecule has 0 aromatic carbocycles. The van der Waals surface area contributed by atoms with E-state index < -0.39 is 0 Å². The third-order valence-electron chi connectivity index (χ3n) is 3.26. The molecule has 0 aliphatic carbocycles. The van der Waals surface area contributed by atoms with Gasteiger partial charge in [0.15, 0.2) is 0 Å². The van der Waals surface area contributed by atoms with E-state index in [-0.39, 0.29) is 18.4 Å². The molecule has 116 valence electrons. The third-order valence-corrected chi connectivity index (χ3v) is 3.26. The summed E-state index contributed by atoms with van der Waals surface area (Å²) in [4.78, 5) is 28.1. The standard InChI is InChI=1S/C12H22N8O/c1-19(2)12-16-10(15-11(17-12)18-13)14-8-9(21)20-6-4-3-5-7-20/h3-8,13H2,1-2H3,(H2,14,15,16,17,18). The highest BCUT2D eigenvalue weighted by Gasteiger charge is 2.16. The molecule has 4 N–H and O–H groups in total. The molecular weight excluding hydrogens is 272 g/mol. The Kier molecular flexibility index (Phi) is 5.09. The molecule has 9 heteroatoms. The fraction of sp³-hybridized carbons (Fsp3) is 0.667. The van der Waals surface area contributed by atoms with Gasteiger partial charge in [0.2, 0.25) is 23.8 Å². The van der Waals surface area contributed by atoms with Crippen LogP contribution in [0.4, 0.5) is 17.8 Å². The second kappa shape index (κ2) is 7.02. The molecule has 2 rings (SSSR count). The lowest BCUT2D eigenvalue weighted by molar-refractivity contribution is -0.130. The minimum Gasteiger partial charge on any atom is -0.347 e. The van der Waals surface area contributed by atoms with Crippen molar-refractivity contribution in [2.24, 2.45) is 5.84 Å². The van der Waals surface area contributed by atoms with E-state index in [1.165, 1.54) is 6.42 Å². The van der Waals surface area contributed by atoms with E-state index in [1.807, 2.05) is 19.0 Å². The topological polar surface area (TPSA) is 112 Å². The Hall–Kier alpha value is -2.16. The maximum Gasteiger partial charge on any atom is 0.243 e. The van der Waals surface area contributed by atoms with Gasteiger partial charge >= 0.3 is 0 Å². The van der Waals surface area contributed by atoms with Crippen molar-refractivity contribution in [2.45, 2.75) is 19.3 Å². The molecule has 0 spiro atoms. The number of amides is 1. The fourth-order valence-corrected chi connectivity index (χ4v) is 2.12. The number of likely N-dealkylation sites (tertiary alicyclic amines) is 1. The number of carbonyl (C=O) groups is 1. The van der Waals surface area contributed by atoms with Crippen LogP contribution in [0.3, 0.4) is 0 Å². The first-order valence-corrected chi connectivity index (χ1v) is 7.02. The van der Waals surface area contributed by atoms with Gasteiger partial charge in [-0.25, -0.2) is 5.84 Å². The van der Waals surface area contributed by atoms with Crippen molar-refractivity contribution >= 4 is 23.8 Å². The highest BCUT2D eigenvalue weighted by molar-refractivity contribution is 5.80. The van der Waals surface area contributed by atoms with Crippen LogP contribution in [0.2, 0.25) is 0 Å². The summed E-state index contributed by atoms with van der Waals surface area (Å²) in [6, 6.07) is 0. The molecule has 1 amide bonds. The van der Waals surface area contributed by atoms with Gasteiger partial charge in [-0.05, 0) is 19.3 Å². The molecule has 1 saturated heterocycles. The second-order valence-electron chi connectivity index (χ2n) is 5.12. The number of anilines is 3. The Morgan fingerprint density at radius 1 is 1.19 bits per heavy atom. The lowest BCUT2D eigenvalue weighted by atomic mass is 10.1. The van der Waals surface area contributed by atoms with E-state index in [4.69, 9.17) is 5.84 Å². The zero-order chi connectivity index (χ0) is 15.2. The minimum atomic E-state index is 0.0590. The van der Waals surface area contributed by atoms with Crippen LogP contribution < -0.4 is 21.5 Å². The summed E-state index contributed by atoms with van der Waals surface area (Å²) in [5, 5.41) is 2.94. The van der Waals surface area contributed by atoms with Crippen molar-refractivity contribution in [3.8, 4) is 0 Å². The number of piperidine rings is 1. The summed E-state index contributed by atoms with van der Waals surface area (Å²) in [7, 11) is 3.64. The van der Waals surface area contributed by atoms with Crippen LogP contribution in [-0.4, -0.2) is 59.5 Å². The van der Waals surface area contributed by atoms with Crippen LogP contribution in [0.5, 0.6) is 0 Å². The van der Waals surface area contributed by atoms with E-state index in [9.17, 15) is 4.79 Å². The van der Waals surface area contributed by atoms with Gasteiger partial charge in [0.1, 0.15) is 0 Å². The molecule has 1 aliphatic heterocycles. The van der Waals surface area contributed by atoms with Gasteiger partial charge in [-0.1, -0.05) is 0 Å². The van der Waals surface area contributed by atoms with Crippen LogP contribution in [-0.2, 0) is 4.79 Å². The smallest absolute Gasteiger partial charge is 0.243 e. The Balaban J connectivity index is 1.98. The molecule has 0 unspecified atom stereocenters. The fourth-order valence-electron chi connectivity index (χ4n) is 2.12. The van der Waals surface area contributed by atoms with Crippen LogP contribution >= 0.6 is 0 Å². The molecule has 0 saturated carbocycles. The third kappa shape index (κ3) is 4.15. The highest BCUT2D eigenvalue weighted by atomic mass is 16.2. The van der Waals surface area contributed by atoms with Crippen LogP contribution in [0.15, 0.2) is 0 Å². The average molecular weight is 294 g/mol. The molecule has 2 heterocycles. The first kappa shape index (κ1) is 15.2. The first-order valence-electron chi connectivity index (χ1n) is 7.02. The maximum atomic E-state index is 12.1. The summed E-state index contributed by atoms with van der Waals surface area (Å²) in [5.74, 6) is 6.44. The molecular formula is C12H22N8O. The van der Waals surface area contributed by atoms with Crippen molar-refractivity contribution in [3.05, 3.63) is 0 Å². The van der Waals surface area contributed by atoms with Crippen LogP contribution in [0.1, 0.15) is 19.3 Å². The Morgan fingerprint density at radius 3 is 2.48 bits per heavy atom. The predicted molar refractivity (Wildman–Crippen MR) is 80.9 cm³/mol. The summed E-state index contributed by atoms with van der Waals surface area (Å²) < 4.78 is 0. The van der Waals surface area contributed by atoms with Gasteiger partial charge in [-0.3, -0.25) is 10.2 Å². The molecule has 1 aromatic heterocycles. The second-order valence-corrected chi connectivity index (χ2v) is 5.12. The van der Waals surface area contributed by atoms with Gasteiger partial charge in [0.05, 0.1) is 6.54 Å². The van der Waals surface area contributed by atoms with Gasteiger partial charge in [0, 0.05) is 27.2 Å². The number of hydrogen-bond donors (Lipinski definition) is 3. The molecule has 0 bridgehead atoms. The van der Waals surface area contributed by atoms with E-state index >= 15 is 0 Å². The van der Waals surface area contributed by atoms with Gasteiger partial charge in [-0.2, -0.15) is 15.0 Å². The minimum absolute atomic E-state index is 0.0590. The van der Waals surface area contributed by atoms with E-state index in [1.54, 1.807) is 4.90 Å². The highest BCUT2D eigenvalue weighted by Crippen LogP contribution is 2.11. The van der Waals surface area contributed by atoms with Gasteiger partial charge in [0.25, 0.3) is 0 Å². The van der Waals surface area contributed by atoms with Crippen LogP contribution in [0, 0.1) is 0 Å². The Morgan fingerprint density at radius 2 is 1.86 bits per heavy atom. The summed E-state index contributed by atoms with van der Waals surface area (Å²) in [6.07, 6.45) is 3.34. The summed E-state index contributed by atoms with van der Waals surface area (Å²) in [6.45, 7) is 1.83. The van der Waals surface area contributed by atoms with Crippen LogP contribution in [0.25, 0.3) is 0 Å². The Labute approximate surface area is 123 Å². The Bertz CT molecular complexity index is 486. The number of carbonyl (C=O) groups excluding carboxylic acids is 1. The van der Waals surface area contributed by atoms with Crippen molar-refractivity contribution in [3.63, 3.8) is 0 Å². The van der Waals surface area contributed by atoms with Crippen molar-refractivity contribution in [2.75, 3.05) is 49.4 Å². The zero-order valence-corrected chi connectivity index (χ0v) is 12.5. The van der Waals surface area contributed by atoms with Crippen molar-refractivity contribution < 1.29 is 4.79 Å². The van der Waals surface area contributed by atoms with Crippen molar-refractivity contribution in [1.82, 2.24) is 19.9 Å². The number of nitrogens with two attached hydrogens (primary N) is 1. The first-order chi connectivity index (χ1) is 10.1. The normalized spacial score (nSPS) is 14.7. The number of hydrazine groups is 1. The predicted octanol–water partition coefficient (Wildman–Crippen LogP) is -0.352. The van der Waals surface area contributed by atoms with E-state index in [2.05, 4.69) is 25.7 Å². The number of aromatic nitrogens is 3. The lowest BCUT2D eigenvalue weighted by Gasteiger charge is -2.26. The molecule has 1 aliphatic rings. The largest absolute Gasteiger partial charge is 0.347 e. The molecule has 0 atom stereocenters. The maximum absolute atomic E-state index is 12.1. The summed E-state index contributed by atoms with van der Waals surface area (Å²) >= 11 is 0. The summed E-state index contributed by atoms with van der Waals surface area (Å²) in [5.41, 5.74) is 2.39. The quantitative estimate of drug-likeness (QED) is 0.499. The zero-order valence-electron chi connectivity index (χ0n) is 12.5. The molecule has 0 radical (unpaired) electrons. The van der Waals surface area contributed by atoms with E-state index in [0.29, 0.717) is 11.9 Å². The number of hydrogen-bond acceptors (Lipinski definition) is 8. The molecule has 9 nitrogen and oxygen atoms in total. The van der Waals surface area contributed by atoms with E-state index in [0.717, 1.165) is 25.9 Å². The lowest BCUT2D eigenvalue weighted by Crippen LogP contribution is -2.39. The monoisotopic (exact) mass is 294 g/mol. The number of nitrogens with zero attached hydrogens (tertiary/aromatic N) is 5. The number of rotatable bonds is 5. The number of nitrogens with one attached hydrogen (secondary N) is 2.